The van der Waals surface area contributed by atoms with E-state index in [0.29, 0.717) is 6.42 Å². The fourth-order valence-corrected chi connectivity index (χ4v) is 2.90. The summed E-state index contributed by atoms with van der Waals surface area (Å²) in [6, 6.07) is 9.40. The minimum absolute atomic E-state index is 0.00339. The van der Waals surface area contributed by atoms with E-state index < -0.39 is 5.60 Å². The summed E-state index contributed by atoms with van der Waals surface area (Å²) in [5.74, 6) is -0.0422. The van der Waals surface area contributed by atoms with Crippen LogP contribution >= 0.6 is 0 Å². The second kappa shape index (κ2) is 5.93. The van der Waals surface area contributed by atoms with Crippen LogP contribution in [-0.2, 0) is 23.4 Å². The largest absolute Gasteiger partial charge is 0.384 e. The Morgan fingerprint density at radius 2 is 2.23 bits per heavy atom. The summed E-state index contributed by atoms with van der Waals surface area (Å²) in [6.45, 7) is 2.76. The number of aryl methyl sites for hydroxylation is 1. The molecule has 1 aromatic carbocycles. The number of amides is 1. The maximum absolute atomic E-state index is 12.4. The normalized spacial score (nSPS) is 20.0. The third-order valence-corrected chi connectivity index (χ3v) is 4.35. The van der Waals surface area contributed by atoms with Crippen molar-refractivity contribution in [1.82, 2.24) is 14.9 Å². The number of carbonyl (C=O) groups is 1. The Morgan fingerprint density at radius 1 is 1.45 bits per heavy atom. The number of aliphatic hydroxyl groups is 1. The van der Waals surface area contributed by atoms with E-state index in [4.69, 9.17) is 0 Å². The summed E-state index contributed by atoms with van der Waals surface area (Å²) in [4.78, 5) is 16.5. The first-order chi connectivity index (χ1) is 10.6. The van der Waals surface area contributed by atoms with E-state index in [1.165, 1.54) is 0 Å². The van der Waals surface area contributed by atoms with Crippen molar-refractivity contribution in [2.45, 2.75) is 31.9 Å². The average molecular weight is 299 g/mol. The maximum atomic E-state index is 12.4. The van der Waals surface area contributed by atoms with Crippen LogP contribution in [0.5, 0.6) is 0 Å². The van der Waals surface area contributed by atoms with Gasteiger partial charge in [-0.1, -0.05) is 30.3 Å². The molecule has 2 heterocycles. The highest BCUT2D eigenvalue weighted by Gasteiger charge is 2.28. The minimum atomic E-state index is -1.06. The van der Waals surface area contributed by atoms with Gasteiger partial charge in [-0.3, -0.25) is 4.79 Å². The first-order valence-corrected chi connectivity index (χ1v) is 7.61. The molecule has 0 radical (unpaired) electrons. The Morgan fingerprint density at radius 3 is 3.00 bits per heavy atom. The molecule has 2 N–H and O–H groups in total. The Bertz CT molecular complexity index is 649. The molecule has 2 atom stereocenters. The molecule has 1 amide bonds. The molecule has 1 aliphatic heterocycles. The number of nitrogens with zero attached hydrogens (tertiary/aromatic N) is 2. The maximum Gasteiger partial charge on any atom is 0.223 e. The van der Waals surface area contributed by atoms with Crippen LogP contribution in [0.15, 0.2) is 42.9 Å². The molecular formula is C17H21N3O2. The molecule has 0 saturated carbocycles. The fraction of sp³-hybridized carbons (Fsp3) is 0.412. The summed E-state index contributed by atoms with van der Waals surface area (Å²) in [6.07, 6.45) is 5.14. The topological polar surface area (TPSA) is 67.2 Å². The van der Waals surface area contributed by atoms with Gasteiger partial charge >= 0.3 is 0 Å². The molecule has 1 aromatic heterocycles. The number of fused-ring (bicyclic) bond motifs is 1. The average Bonchev–Trinajstić information content (AvgIpc) is 3.01. The second-order valence-corrected chi connectivity index (χ2v) is 6.13. The molecular weight excluding hydrogens is 278 g/mol. The number of hydrogen-bond acceptors (Lipinski definition) is 3. The number of nitrogens with one attached hydrogen (secondary N) is 1. The van der Waals surface area contributed by atoms with Gasteiger partial charge in [-0.15, -0.1) is 0 Å². The lowest BCUT2D eigenvalue weighted by Crippen LogP contribution is -2.42. The van der Waals surface area contributed by atoms with E-state index in [-0.39, 0.29) is 18.4 Å². The quantitative estimate of drug-likeness (QED) is 0.898. The molecule has 1 aliphatic rings. The second-order valence-electron chi connectivity index (χ2n) is 6.13. The van der Waals surface area contributed by atoms with Crippen LogP contribution < -0.4 is 5.32 Å². The summed E-state index contributed by atoms with van der Waals surface area (Å²) < 4.78 is 2.09. The van der Waals surface area contributed by atoms with Crippen molar-refractivity contribution in [2.75, 3.05) is 6.54 Å². The van der Waals surface area contributed by atoms with Gasteiger partial charge in [0.2, 0.25) is 5.91 Å². The van der Waals surface area contributed by atoms with Crippen LogP contribution in [0.4, 0.5) is 0 Å². The van der Waals surface area contributed by atoms with Crippen molar-refractivity contribution in [3.05, 3.63) is 54.1 Å². The predicted octanol–water partition coefficient (Wildman–Crippen LogP) is 1.47. The molecule has 0 spiro atoms. The zero-order chi connectivity index (χ0) is 15.6. The Balaban J connectivity index is 1.59. The van der Waals surface area contributed by atoms with Crippen LogP contribution in [-0.4, -0.2) is 27.1 Å². The van der Waals surface area contributed by atoms with Crippen molar-refractivity contribution >= 4 is 5.91 Å². The number of aromatic nitrogens is 2. The summed E-state index contributed by atoms with van der Waals surface area (Å²) in [5, 5.41) is 13.4. The summed E-state index contributed by atoms with van der Waals surface area (Å²) in [5.41, 5.74) is 0.839. The highest BCUT2D eigenvalue weighted by atomic mass is 16.3. The molecule has 0 fully saturated rings. The predicted molar refractivity (Wildman–Crippen MR) is 83.1 cm³/mol. The van der Waals surface area contributed by atoms with E-state index in [0.717, 1.165) is 24.2 Å². The number of carbonyl (C=O) groups excluding carboxylic acids is 1. The van der Waals surface area contributed by atoms with Crippen molar-refractivity contribution in [3.63, 3.8) is 0 Å². The lowest BCUT2D eigenvalue weighted by Gasteiger charge is -2.27. The fourth-order valence-electron chi connectivity index (χ4n) is 2.90. The molecule has 0 aliphatic carbocycles. The van der Waals surface area contributed by atoms with Gasteiger partial charge in [-0.05, 0) is 18.9 Å². The molecule has 22 heavy (non-hydrogen) atoms. The van der Waals surface area contributed by atoms with E-state index in [2.05, 4.69) is 14.9 Å². The van der Waals surface area contributed by atoms with Gasteiger partial charge in [0.25, 0.3) is 0 Å². The van der Waals surface area contributed by atoms with E-state index in [1.807, 2.05) is 42.9 Å². The zero-order valence-electron chi connectivity index (χ0n) is 12.7. The van der Waals surface area contributed by atoms with Crippen LogP contribution in [0.1, 0.15) is 24.6 Å². The first-order valence-electron chi connectivity index (χ1n) is 7.61. The number of imidazole rings is 1. The van der Waals surface area contributed by atoms with Gasteiger partial charge in [-0.25, -0.2) is 4.98 Å². The van der Waals surface area contributed by atoms with Gasteiger partial charge in [0.15, 0.2) is 0 Å². The SMILES string of the molecule is CC(O)(CNC(=O)C1CCn2cncc2C1)c1ccccc1. The summed E-state index contributed by atoms with van der Waals surface area (Å²) in [7, 11) is 0. The van der Waals surface area contributed by atoms with E-state index >= 15 is 0 Å². The molecule has 116 valence electrons. The monoisotopic (exact) mass is 299 g/mol. The third-order valence-electron chi connectivity index (χ3n) is 4.35. The molecule has 2 aromatic rings. The smallest absolute Gasteiger partial charge is 0.223 e. The molecule has 2 unspecified atom stereocenters. The molecule has 5 nitrogen and oxygen atoms in total. The van der Waals surface area contributed by atoms with Crippen molar-refractivity contribution < 1.29 is 9.90 Å². The molecule has 0 bridgehead atoms. The van der Waals surface area contributed by atoms with Crippen molar-refractivity contribution in [2.24, 2.45) is 5.92 Å². The van der Waals surface area contributed by atoms with E-state index in [9.17, 15) is 9.90 Å². The van der Waals surface area contributed by atoms with Crippen LogP contribution in [0.25, 0.3) is 0 Å². The highest BCUT2D eigenvalue weighted by Crippen LogP contribution is 2.22. The number of rotatable bonds is 4. The highest BCUT2D eigenvalue weighted by molar-refractivity contribution is 5.79. The number of hydrogen-bond donors (Lipinski definition) is 2. The van der Waals surface area contributed by atoms with Crippen LogP contribution in [0.2, 0.25) is 0 Å². The molecule has 3 rings (SSSR count). The first kappa shape index (κ1) is 14.8. The Kier molecular flexibility index (Phi) is 3.98. The van der Waals surface area contributed by atoms with Gasteiger partial charge in [0.1, 0.15) is 5.60 Å². The van der Waals surface area contributed by atoms with Gasteiger partial charge in [0, 0.05) is 30.8 Å². The van der Waals surface area contributed by atoms with E-state index in [1.54, 1.807) is 6.92 Å². The Hall–Kier alpha value is -2.14. The summed E-state index contributed by atoms with van der Waals surface area (Å²) >= 11 is 0. The van der Waals surface area contributed by atoms with Gasteiger partial charge in [0.05, 0.1) is 12.9 Å². The zero-order valence-corrected chi connectivity index (χ0v) is 12.7. The Labute approximate surface area is 130 Å². The van der Waals surface area contributed by atoms with Crippen LogP contribution in [0, 0.1) is 5.92 Å². The molecule has 5 heteroatoms. The number of benzene rings is 1. The van der Waals surface area contributed by atoms with Gasteiger partial charge in [-0.2, -0.15) is 0 Å². The minimum Gasteiger partial charge on any atom is -0.384 e. The standard InChI is InChI=1S/C17H21N3O2/c1-17(22,14-5-3-2-4-6-14)11-19-16(21)13-7-8-20-12-18-10-15(20)9-13/h2-6,10,12-13,22H,7-9,11H2,1H3,(H,19,21). The third kappa shape index (κ3) is 3.04. The lowest BCUT2D eigenvalue weighted by molar-refractivity contribution is -0.126. The van der Waals surface area contributed by atoms with Crippen molar-refractivity contribution in [1.29, 1.82) is 0 Å². The molecule has 0 saturated heterocycles. The van der Waals surface area contributed by atoms with Gasteiger partial charge < -0.3 is 15.0 Å². The lowest BCUT2D eigenvalue weighted by atomic mass is 9.93. The van der Waals surface area contributed by atoms with Crippen LogP contribution in [0.3, 0.4) is 0 Å². The van der Waals surface area contributed by atoms with Crippen molar-refractivity contribution in [3.8, 4) is 0 Å².